The number of hydrogen-bond acceptors (Lipinski definition) is 1. The highest BCUT2D eigenvalue weighted by atomic mass is 16.3. The van der Waals surface area contributed by atoms with Crippen LogP contribution in [0, 0.1) is 0 Å². The van der Waals surface area contributed by atoms with Crippen LogP contribution in [0.25, 0.3) is 0 Å². The minimum Gasteiger partial charge on any atom is -0.388 e. The number of aryl methyl sites for hydroxylation is 1. The van der Waals surface area contributed by atoms with Gasteiger partial charge in [-0.2, -0.15) is 0 Å². The zero-order valence-electron chi connectivity index (χ0n) is 8.96. The van der Waals surface area contributed by atoms with Gasteiger partial charge >= 0.3 is 0 Å². The highest BCUT2D eigenvalue weighted by Crippen LogP contribution is 2.40. The fourth-order valence-corrected chi connectivity index (χ4v) is 2.39. The lowest BCUT2D eigenvalue weighted by Gasteiger charge is -2.07. The topological polar surface area (TPSA) is 20.2 Å². The second-order valence-corrected chi connectivity index (χ2v) is 4.37. The molecule has 0 bridgehead atoms. The third-order valence-corrected chi connectivity index (χ3v) is 3.16. The molecule has 0 radical (unpaired) electrons. The molecule has 1 aromatic rings. The smallest absolute Gasteiger partial charge is 0.0798 e. The van der Waals surface area contributed by atoms with Crippen molar-refractivity contribution < 1.29 is 5.11 Å². The normalized spacial score (nSPS) is 25.1. The number of rotatable bonds is 2. The van der Waals surface area contributed by atoms with Gasteiger partial charge in [-0.25, -0.2) is 0 Å². The molecule has 2 rings (SSSR count). The molecule has 0 amide bonds. The lowest BCUT2D eigenvalue weighted by molar-refractivity contribution is 0.174. The Morgan fingerprint density at radius 2 is 2.14 bits per heavy atom. The average molecular weight is 190 g/mol. The van der Waals surface area contributed by atoms with Crippen molar-refractivity contribution in [3.05, 3.63) is 34.9 Å². The molecule has 14 heavy (non-hydrogen) atoms. The van der Waals surface area contributed by atoms with Gasteiger partial charge in [0.1, 0.15) is 0 Å². The van der Waals surface area contributed by atoms with Crippen molar-refractivity contribution >= 4 is 0 Å². The molecule has 1 aliphatic rings. The summed E-state index contributed by atoms with van der Waals surface area (Å²) < 4.78 is 0. The number of aliphatic hydroxyl groups excluding tert-OH is 1. The van der Waals surface area contributed by atoms with Crippen molar-refractivity contribution in [2.24, 2.45) is 0 Å². The minimum absolute atomic E-state index is 0.225. The molecule has 0 spiro atoms. The summed E-state index contributed by atoms with van der Waals surface area (Å²) in [6.07, 6.45) is 2.96. The Morgan fingerprint density at radius 1 is 1.36 bits per heavy atom. The van der Waals surface area contributed by atoms with Gasteiger partial charge < -0.3 is 5.11 Å². The van der Waals surface area contributed by atoms with Crippen LogP contribution in [0.1, 0.15) is 55.4 Å². The van der Waals surface area contributed by atoms with Gasteiger partial charge in [-0.15, -0.1) is 0 Å². The molecule has 0 aromatic heterocycles. The molecular weight excluding hydrogens is 172 g/mol. The van der Waals surface area contributed by atoms with Crippen LogP contribution < -0.4 is 0 Å². The largest absolute Gasteiger partial charge is 0.388 e. The standard InChI is InChI=1S/C13H18O/c1-3-4-10-5-6-11-9(2)7-13(14)12(11)8-10/h5-6,8-9,13-14H,3-4,7H2,1-2H3. The van der Waals surface area contributed by atoms with E-state index in [1.165, 1.54) is 23.1 Å². The number of fused-ring (bicyclic) bond motifs is 1. The van der Waals surface area contributed by atoms with E-state index in [2.05, 4.69) is 32.0 Å². The Kier molecular flexibility index (Phi) is 2.60. The first kappa shape index (κ1) is 9.72. The SMILES string of the molecule is CCCc1ccc2c(c1)C(O)CC2C. The first-order chi connectivity index (χ1) is 6.72. The highest BCUT2D eigenvalue weighted by molar-refractivity contribution is 5.39. The van der Waals surface area contributed by atoms with Crippen molar-refractivity contribution in [2.45, 2.75) is 45.1 Å². The highest BCUT2D eigenvalue weighted by Gasteiger charge is 2.26. The Morgan fingerprint density at radius 3 is 2.86 bits per heavy atom. The maximum absolute atomic E-state index is 9.84. The van der Waals surface area contributed by atoms with Crippen LogP contribution in [0.3, 0.4) is 0 Å². The second-order valence-electron chi connectivity index (χ2n) is 4.37. The molecule has 0 saturated heterocycles. The molecule has 1 N–H and O–H groups in total. The average Bonchev–Trinajstić information content (AvgIpc) is 2.43. The second kappa shape index (κ2) is 3.74. The molecule has 0 saturated carbocycles. The van der Waals surface area contributed by atoms with E-state index in [-0.39, 0.29) is 6.10 Å². The van der Waals surface area contributed by atoms with E-state index in [0.717, 1.165) is 12.8 Å². The van der Waals surface area contributed by atoms with E-state index >= 15 is 0 Å². The third-order valence-electron chi connectivity index (χ3n) is 3.16. The van der Waals surface area contributed by atoms with Crippen LogP contribution >= 0.6 is 0 Å². The summed E-state index contributed by atoms with van der Waals surface area (Å²) in [5.74, 6) is 0.524. The van der Waals surface area contributed by atoms with Crippen molar-refractivity contribution in [3.8, 4) is 0 Å². The number of hydrogen-bond donors (Lipinski definition) is 1. The summed E-state index contributed by atoms with van der Waals surface area (Å²) in [6, 6.07) is 6.59. The van der Waals surface area contributed by atoms with E-state index in [9.17, 15) is 5.11 Å². The van der Waals surface area contributed by atoms with E-state index in [0.29, 0.717) is 5.92 Å². The van der Waals surface area contributed by atoms with Crippen LogP contribution in [0.15, 0.2) is 18.2 Å². The Balaban J connectivity index is 2.35. The fourth-order valence-electron chi connectivity index (χ4n) is 2.39. The molecule has 0 fully saturated rings. The molecule has 2 unspecified atom stereocenters. The van der Waals surface area contributed by atoms with Gasteiger partial charge in [0.25, 0.3) is 0 Å². The maximum atomic E-state index is 9.84. The fraction of sp³-hybridized carbons (Fsp3) is 0.538. The van der Waals surface area contributed by atoms with Crippen LogP contribution in [0.4, 0.5) is 0 Å². The predicted molar refractivity (Wildman–Crippen MR) is 58.4 cm³/mol. The quantitative estimate of drug-likeness (QED) is 0.759. The van der Waals surface area contributed by atoms with Crippen LogP contribution in [0.2, 0.25) is 0 Å². The summed E-state index contributed by atoms with van der Waals surface area (Å²) in [6.45, 7) is 4.38. The molecule has 1 nitrogen and oxygen atoms in total. The zero-order chi connectivity index (χ0) is 10.1. The zero-order valence-corrected chi connectivity index (χ0v) is 8.96. The maximum Gasteiger partial charge on any atom is 0.0798 e. The summed E-state index contributed by atoms with van der Waals surface area (Å²) in [5.41, 5.74) is 3.88. The van der Waals surface area contributed by atoms with Crippen molar-refractivity contribution in [1.29, 1.82) is 0 Å². The third kappa shape index (κ3) is 1.57. The van der Waals surface area contributed by atoms with Crippen LogP contribution in [-0.2, 0) is 6.42 Å². The summed E-state index contributed by atoms with van der Waals surface area (Å²) in [7, 11) is 0. The van der Waals surface area contributed by atoms with Gasteiger partial charge in [0, 0.05) is 0 Å². The van der Waals surface area contributed by atoms with Crippen molar-refractivity contribution in [1.82, 2.24) is 0 Å². The first-order valence-corrected chi connectivity index (χ1v) is 5.53. The Labute approximate surface area is 85.8 Å². The van der Waals surface area contributed by atoms with Gasteiger partial charge in [0.05, 0.1) is 6.10 Å². The number of benzene rings is 1. The lowest BCUT2D eigenvalue weighted by Crippen LogP contribution is -1.92. The molecular formula is C13H18O. The molecule has 1 aromatic carbocycles. The predicted octanol–water partition coefficient (Wildman–Crippen LogP) is 3.18. The van der Waals surface area contributed by atoms with Crippen molar-refractivity contribution in [3.63, 3.8) is 0 Å². The van der Waals surface area contributed by atoms with E-state index in [4.69, 9.17) is 0 Å². The summed E-state index contributed by atoms with van der Waals surface area (Å²) in [4.78, 5) is 0. The van der Waals surface area contributed by atoms with E-state index < -0.39 is 0 Å². The Hall–Kier alpha value is -0.820. The van der Waals surface area contributed by atoms with Gasteiger partial charge in [-0.1, -0.05) is 38.5 Å². The van der Waals surface area contributed by atoms with Gasteiger partial charge in [0.15, 0.2) is 0 Å². The molecule has 0 aliphatic heterocycles. The minimum atomic E-state index is -0.225. The molecule has 0 heterocycles. The molecule has 1 aliphatic carbocycles. The monoisotopic (exact) mass is 190 g/mol. The summed E-state index contributed by atoms with van der Waals surface area (Å²) >= 11 is 0. The summed E-state index contributed by atoms with van der Waals surface area (Å²) in [5, 5.41) is 9.84. The van der Waals surface area contributed by atoms with E-state index in [1.54, 1.807) is 0 Å². The van der Waals surface area contributed by atoms with Gasteiger partial charge in [-0.3, -0.25) is 0 Å². The lowest BCUT2D eigenvalue weighted by atomic mass is 10.00. The van der Waals surface area contributed by atoms with Gasteiger partial charge in [-0.05, 0) is 35.4 Å². The molecule has 2 atom stereocenters. The Bertz CT molecular complexity index is 330. The van der Waals surface area contributed by atoms with Crippen LogP contribution in [0.5, 0.6) is 0 Å². The number of aliphatic hydroxyl groups is 1. The van der Waals surface area contributed by atoms with Crippen molar-refractivity contribution in [2.75, 3.05) is 0 Å². The van der Waals surface area contributed by atoms with E-state index in [1.807, 2.05) is 0 Å². The van der Waals surface area contributed by atoms with Crippen LogP contribution in [-0.4, -0.2) is 5.11 Å². The van der Waals surface area contributed by atoms with Gasteiger partial charge in [0.2, 0.25) is 0 Å². The first-order valence-electron chi connectivity index (χ1n) is 5.53. The molecule has 76 valence electrons. The molecule has 1 heteroatoms.